The molecule has 6 N–H and O–H groups in total. The standard InChI is InChI=1S/C15H22N6/c1-10(17)6-21(18)9-14-8-20-7-13(11-2-3-11)4-12(5-16)15(20)19-14/h4,6-8,11H,2-3,5,9,16-18H2,1H3/b10-6-. The van der Waals surface area contributed by atoms with E-state index in [1.54, 1.807) is 18.1 Å². The van der Waals surface area contributed by atoms with Crippen LogP contribution in [0.2, 0.25) is 0 Å². The van der Waals surface area contributed by atoms with E-state index < -0.39 is 0 Å². The van der Waals surface area contributed by atoms with Crippen molar-refractivity contribution in [3.8, 4) is 0 Å². The summed E-state index contributed by atoms with van der Waals surface area (Å²) in [7, 11) is 0. The van der Waals surface area contributed by atoms with Crippen LogP contribution in [-0.4, -0.2) is 14.4 Å². The van der Waals surface area contributed by atoms with E-state index in [0.29, 0.717) is 24.7 Å². The summed E-state index contributed by atoms with van der Waals surface area (Å²) in [6.45, 7) is 2.81. The summed E-state index contributed by atoms with van der Waals surface area (Å²) in [5.74, 6) is 6.58. The van der Waals surface area contributed by atoms with Gasteiger partial charge in [-0.15, -0.1) is 0 Å². The lowest BCUT2D eigenvalue weighted by Crippen LogP contribution is -2.25. The molecule has 0 unspecified atom stereocenters. The van der Waals surface area contributed by atoms with E-state index in [1.807, 2.05) is 6.20 Å². The molecule has 0 amide bonds. The molecule has 2 heterocycles. The number of pyridine rings is 1. The Morgan fingerprint density at radius 1 is 1.48 bits per heavy atom. The minimum atomic E-state index is 0.495. The summed E-state index contributed by atoms with van der Waals surface area (Å²) in [6.07, 6.45) is 8.42. The number of allylic oxidation sites excluding steroid dienone is 1. The summed E-state index contributed by atoms with van der Waals surface area (Å²) in [5.41, 5.74) is 16.4. The van der Waals surface area contributed by atoms with E-state index in [-0.39, 0.29) is 0 Å². The van der Waals surface area contributed by atoms with Crippen molar-refractivity contribution in [2.75, 3.05) is 0 Å². The smallest absolute Gasteiger partial charge is 0.141 e. The molecule has 1 saturated carbocycles. The van der Waals surface area contributed by atoms with Gasteiger partial charge < -0.3 is 20.9 Å². The molecule has 0 radical (unpaired) electrons. The van der Waals surface area contributed by atoms with Crippen LogP contribution in [0.3, 0.4) is 0 Å². The lowest BCUT2D eigenvalue weighted by Gasteiger charge is -2.11. The van der Waals surface area contributed by atoms with Crippen LogP contribution in [-0.2, 0) is 13.1 Å². The Balaban J connectivity index is 1.93. The molecule has 6 heteroatoms. The number of nitrogens with two attached hydrogens (primary N) is 3. The summed E-state index contributed by atoms with van der Waals surface area (Å²) >= 11 is 0. The molecule has 2 aromatic rings. The van der Waals surface area contributed by atoms with Gasteiger partial charge in [-0.05, 0) is 37.3 Å². The number of aromatic nitrogens is 2. The molecule has 0 aliphatic heterocycles. The van der Waals surface area contributed by atoms with Gasteiger partial charge in [0.05, 0.1) is 12.2 Å². The minimum Gasteiger partial charge on any atom is -0.401 e. The zero-order chi connectivity index (χ0) is 15.0. The number of hydrazine groups is 1. The predicted octanol–water partition coefficient (Wildman–Crippen LogP) is 1.17. The number of nitrogens with zero attached hydrogens (tertiary/aromatic N) is 3. The number of rotatable bonds is 5. The molecule has 0 aromatic carbocycles. The number of fused-ring (bicyclic) bond motifs is 1. The molecular weight excluding hydrogens is 264 g/mol. The normalized spacial score (nSPS) is 15.7. The fourth-order valence-corrected chi connectivity index (χ4v) is 2.60. The van der Waals surface area contributed by atoms with Crippen molar-refractivity contribution in [2.24, 2.45) is 17.3 Å². The van der Waals surface area contributed by atoms with Crippen molar-refractivity contribution in [3.05, 3.63) is 47.2 Å². The summed E-state index contributed by atoms with van der Waals surface area (Å²) in [4.78, 5) is 4.64. The molecule has 112 valence electrons. The van der Waals surface area contributed by atoms with Crippen molar-refractivity contribution < 1.29 is 0 Å². The van der Waals surface area contributed by atoms with Crippen LogP contribution in [0.4, 0.5) is 0 Å². The van der Waals surface area contributed by atoms with Gasteiger partial charge in [-0.3, -0.25) is 0 Å². The first-order chi connectivity index (χ1) is 10.1. The first kappa shape index (κ1) is 13.9. The van der Waals surface area contributed by atoms with Crippen molar-refractivity contribution in [3.63, 3.8) is 0 Å². The summed E-state index contributed by atoms with van der Waals surface area (Å²) in [6, 6.07) is 2.19. The van der Waals surface area contributed by atoms with Crippen LogP contribution in [0.1, 0.15) is 42.5 Å². The first-order valence-electron chi connectivity index (χ1n) is 7.22. The van der Waals surface area contributed by atoms with Crippen LogP contribution in [0, 0.1) is 0 Å². The molecule has 0 saturated heterocycles. The van der Waals surface area contributed by atoms with Crippen LogP contribution in [0.5, 0.6) is 0 Å². The fourth-order valence-electron chi connectivity index (χ4n) is 2.60. The topological polar surface area (TPSA) is 98.6 Å². The molecule has 1 aliphatic rings. The molecule has 21 heavy (non-hydrogen) atoms. The average Bonchev–Trinajstić information content (AvgIpc) is 3.17. The van der Waals surface area contributed by atoms with E-state index in [4.69, 9.17) is 17.3 Å². The van der Waals surface area contributed by atoms with Gasteiger partial charge in [-0.25, -0.2) is 10.8 Å². The second-order valence-corrected chi connectivity index (χ2v) is 5.79. The van der Waals surface area contributed by atoms with E-state index >= 15 is 0 Å². The van der Waals surface area contributed by atoms with E-state index in [0.717, 1.165) is 16.9 Å². The van der Waals surface area contributed by atoms with E-state index in [9.17, 15) is 0 Å². The highest BCUT2D eigenvalue weighted by Gasteiger charge is 2.24. The van der Waals surface area contributed by atoms with Gasteiger partial charge >= 0.3 is 0 Å². The maximum atomic E-state index is 5.89. The zero-order valence-electron chi connectivity index (χ0n) is 12.3. The SMILES string of the molecule is C/C(N)=C/N(N)Cc1cn2cc(C3CC3)cc(CN)c2n1. The largest absolute Gasteiger partial charge is 0.401 e. The molecule has 0 spiro atoms. The lowest BCUT2D eigenvalue weighted by atomic mass is 10.1. The monoisotopic (exact) mass is 286 g/mol. The molecule has 3 rings (SSSR count). The second kappa shape index (κ2) is 5.38. The third-order valence-electron chi connectivity index (χ3n) is 3.68. The number of hydrogen-bond donors (Lipinski definition) is 3. The Morgan fingerprint density at radius 3 is 2.86 bits per heavy atom. The third-order valence-corrected chi connectivity index (χ3v) is 3.68. The Morgan fingerprint density at radius 2 is 2.24 bits per heavy atom. The van der Waals surface area contributed by atoms with Gasteiger partial charge in [0, 0.05) is 36.4 Å². The van der Waals surface area contributed by atoms with Gasteiger partial charge in [0.2, 0.25) is 0 Å². The van der Waals surface area contributed by atoms with Crippen molar-refractivity contribution in [1.82, 2.24) is 14.4 Å². The minimum absolute atomic E-state index is 0.495. The highest BCUT2D eigenvalue weighted by Crippen LogP contribution is 2.40. The van der Waals surface area contributed by atoms with Crippen molar-refractivity contribution in [1.29, 1.82) is 0 Å². The van der Waals surface area contributed by atoms with Crippen LogP contribution < -0.4 is 17.3 Å². The molecule has 0 atom stereocenters. The molecule has 6 nitrogen and oxygen atoms in total. The van der Waals surface area contributed by atoms with Crippen LogP contribution in [0.25, 0.3) is 5.65 Å². The summed E-state index contributed by atoms with van der Waals surface area (Å²) < 4.78 is 2.07. The highest BCUT2D eigenvalue weighted by atomic mass is 15.4. The first-order valence-corrected chi connectivity index (χ1v) is 7.22. The predicted molar refractivity (Wildman–Crippen MR) is 82.7 cm³/mol. The van der Waals surface area contributed by atoms with Gasteiger partial charge in [-0.2, -0.15) is 0 Å². The molecule has 1 fully saturated rings. The quantitative estimate of drug-likeness (QED) is 0.566. The Bertz CT molecular complexity index is 679. The maximum absolute atomic E-state index is 5.89. The Kier molecular flexibility index (Phi) is 3.57. The Hall–Kier alpha value is -2.05. The maximum Gasteiger partial charge on any atom is 0.141 e. The van der Waals surface area contributed by atoms with E-state index in [1.165, 1.54) is 18.4 Å². The highest BCUT2D eigenvalue weighted by molar-refractivity contribution is 5.51. The number of hydrogen-bond acceptors (Lipinski definition) is 5. The summed E-state index contributed by atoms with van der Waals surface area (Å²) in [5, 5.41) is 1.54. The third kappa shape index (κ3) is 3.01. The van der Waals surface area contributed by atoms with Crippen LogP contribution in [0.15, 0.2) is 30.4 Å². The molecular formula is C15H22N6. The number of imidazole rings is 1. The van der Waals surface area contributed by atoms with Gasteiger partial charge in [0.25, 0.3) is 0 Å². The van der Waals surface area contributed by atoms with E-state index in [2.05, 4.69) is 21.6 Å². The Labute approximate surface area is 124 Å². The van der Waals surface area contributed by atoms with Crippen LogP contribution >= 0.6 is 0 Å². The van der Waals surface area contributed by atoms with Crippen molar-refractivity contribution >= 4 is 5.65 Å². The second-order valence-electron chi connectivity index (χ2n) is 5.79. The van der Waals surface area contributed by atoms with Gasteiger partial charge in [0.15, 0.2) is 0 Å². The zero-order valence-corrected chi connectivity index (χ0v) is 12.3. The molecule has 1 aliphatic carbocycles. The molecule has 2 aromatic heterocycles. The lowest BCUT2D eigenvalue weighted by molar-refractivity contribution is 0.379. The fraction of sp³-hybridized carbons (Fsp3) is 0.400. The average molecular weight is 286 g/mol. The van der Waals surface area contributed by atoms with Crippen molar-refractivity contribution in [2.45, 2.75) is 38.8 Å². The van der Waals surface area contributed by atoms with Gasteiger partial charge in [-0.1, -0.05) is 0 Å². The van der Waals surface area contributed by atoms with Gasteiger partial charge in [0.1, 0.15) is 5.65 Å². The molecule has 0 bridgehead atoms.